The number of nitrogens with one attached hydrogen (secondary N) is 1. The van der Waals surface area contributed by atoms with Crippen molar-refractivity contribution in [2.24, 2.45) is 0 Å². The van der Waals surface area contributed by atoms with Gasteiger partial charge in [-0.3, -0.25) is 9.78 Å². The van der Waals surface area contributed by atoms with Crippen LogP contribution >= 0.6 is 0 Å². The molecule has 36 heavy (non-hydrogen) atoms. The number of amides is 1. The van der Waals surface area contributed by atoms with Crippen LogP contribution in [0.5, 0.6) is 0 Å². The first-order valence-electron chi connectivity index (χ1n) is 11.0. The van der Waals surface area contributed by atoms with Gasteiger partial charge in [0.05, 0.1) is 5.56 Å². The molecule has 182 valence electrons. The summed E-state index contributed by atoms with van der Waals surface area (Å²) in [5.74, 6) is -1.85. The van der Waals surface area contributed by atoms with E-state index < -0.39 is 29.7 Å². The largest absolute Gasteiger partial charge is 0.480 e. The Morgan fingerprint density at radius 3 is 1.89 bits per heavy atom. The molecule has 8 heteroatoms. The maximum atomic E-state index is 12.8. The Morgan fingerprint density at radius 1 is 0.778 bits per heavy atom. The zero-order valence-electron chi connectivity index (χ0n) is 18.9. The van der Waals surface area contributed by atoms with Gasteiger partial charge in [0.2, 0.25) is 0 Å². The predicted octanol–water partition coefficient (Wildman–Crippen LogP) is 5.86. The third kappa shape index (κ3) is 5.96. The number of rotatable bonds is 7. The minimum atomic E-state index is -4.43. The molecule has 1 amide bonds. The van der Waals surface area contributed by atoms with E-state index in [0.29, 0.717) is 11.1 Å². The molecule has 5 nitrogen and oxygen atoms in total. The molecule has 0 saturated carbocycles. The number of halogens is 3. The Labute approximate surface area is 205 Å². The summed E-state index contributed by atoms with van der Waals surface area (Å²) in [6.07, 6.45) is -2.99. The smallest absolute Gasteiger partial charge is 0.416 e. The van der Waals surface area contributed by atoms with Crippen LogP contribution in [0, 0.1) is 0 Å². The van der Waals surface area contributed by atoms with E-state index in [9.17, 15) is 27.9 Å². The summed E-state index contributed by atoms with van der Waals surface area (Å²) in [4.78, 5) is 28.5. The summed E-state index contributed by atoms with van der Waals surface area (Å²) in [6, 6.07) is 23.5. The van der Waals surface area contributed by atoms with Crippen LogP contribution in [0.1, 0.15) is 21.6 Å². The molecule has 3 aromatic carbocycles. The average molecular weight is 490 g/mol. The summed E-state index contributed by atoms with van der Waals surface area (Å²) in [7, 11) is 0. The molecule has 0 bridgehead atoms. The van der Waals surface area contributed by atoms with Crippen molar-refractivity contribution in [3.05, 3.63) is 114 Å². The Morgan fingerprint density at radius 2 is 1.33 bits per heavy atom. The number of nitrogens with zero attached hydrogens (tertiary/aromatic N) is 1. The van der Waals surface area contributed by atoms with Crippen molar-refractivity contribution in [2.45, 2.75) is 18.6 Å². The van der Waals surface area contributed by atoms with Gasteiger partial charge in [-0.25, -0.2) is 4.79 Å². The minimum absolute atomic E-state index is 0.00339. The number of carbonyl (C=O) groups is 2. The number of benzene rings is 3. The van der Waals surface area contributed by atoms with Gasteiger partial charge in [-0.05, 0) is 40.5 Å². The topological polar surface area (TPSA) is 79.3 Å². The van der Waals surface area contributed by atoms with Gasteiger partial charge in [-0.15, -0.1) is 0 Å². The van der Waals surface area contributed by atoms with Crippen molar-refractivity contribution >= 4 is 11.9 Å². The van der Waals surface area contributed by atoms with Gasteiger partial charge in [-0.2, -0.15) is 13.2 Å². The number of hydrogen-bond acceptors (Lipinski definition) is 3. The van der Waals surface area contributed by atoms with E-state index in [-0.39, 0.29) is 12.1 Å². The van der Waals surface area contributed by atoms with Crippen molar-refractivity contribution in [3.8, 4) is 22.3 Å². The van der Waals surface area contributed by atoms with Crippen LogP contribution in [0.2, 0.25) is 0 Å². The molecule has 0 fully saturated rings. The highest BCUT2D eigenvalue weighted by molar-refractivity contribution is 5.95. The Balaban J connectivity index is 1.42. The number of pyridine rings is 1. The molecular formula is C28H21F3N2O3. The maximum Gasteiger partial charge on any atom is 0.416 e. The van der Waals surface area contributed by atoms with E-state index in [0.717, 1.165) is 28.8 Å². The predicted molar refractivity (Wildman–Crippen MR) is 129 cm³/mol. The molecular weight excluding hydrogens is 469 g/mol. The van der Waals surface area contributed by atoms with Crippen LogP contribution in [0.3, 0.4) is 0 Å². The second-order valence-electron chi connectivity index (χ2n) is 8.14. The van der Waals surface area contributed by atoms with Gasteiger partial charge in [-0.1, -0.05) is 72.8 Å². The maximum absolute atomic E-state index is 12.8. The molecule has 0 saturated heterocycles. The van der Waals surface area contributed by atoms with Crippen LogP contribution in [-0.2, 0) is 17.4 Å². The van der Waals surface area contributed by atoms with Crippen LogP contribution < -0.4 is 5.32 Å². The van der Waals surface area contributed by atoms with Gasteiger partial charge < -0.3 is 10.4 Å². The summed E-state index contributed by atoms with van der Waals surface area (Å²) in [6.45, 7) is 0. The third-order valence-electron chi connectivity index (χ3n) is 5.65. The SMILES string of the molecule is O=C(N[C@@H](Cc1ccc(-c2ccccc2)cc1)C(=O)O)c1ccc(-c2ccc(C(F)(F)F)cc2)cn1. The van der Waals surface area contributed by atoms with E-state index in [1.54, 1.807) is 6.07 Å². The van der Waals surface area contributed by atoms with Crippen LogP contribution in [-0.4, -0.2) is 28.0 Å². The lowest BCUT2D eigenvalue weighted by atomic mass is 10.0. The number of carboxylic acid groups (broad SMARTS) is 1. The van der Waals surface area contributed by atoms with Crippen molar-refractivity contribution in [1.82, 2.24) is 10.3 Å². The molecule has 0 radical (unpaired) electrons. The number of alkyl halides is 3. The monoisotopic (exact) mass is 490 g/mol. The van der Waals surface area contributed by atoms with E-state index in [2.05, 4.69) is 10.3 Å². The van der Waals surface area contributed by atoms with Gasteiger partial charge >= 0.3 is 12.1 Å². The van der Waals surface area contributed by atoms with Crippen LogP contribution in [0.4, 0.5) is 13.2 Å². The number of aliphatic carboxylic acids is 1. The molecule has 0 aliphatic carbocycles. The summed E-state index contributed by atoms with van der Waals surface area (Å²) in [5.41, 5.74) is 3.04. The van der Waals surface area contributed by atoms with Crippen molar-refractivity contribution in [1.29, 1.82) is 0 Å². The van der Waals surface area contributed by atoms with Crippen molar-refractivity contribution in [2.75, 3.05) is 0 Å². The molecule has 4 aromatic rings. The van der Waals surface area contributed by atoms with E-state index in [1.165, 1.54) is 24.4 Å². The number of hydrogen-bond donors (Lipinski definition) is 2. The Kier molecular flexibility index (Phi) is 7.15. The first kappa shape index (κ1) is 24.7. The molecule has 0 aliphatic heterocycles. The van der Waals surface area contributed by atoms with Gasteiger partial charge in [0.15, 0.2) is 0 Å². The Hall–Kier alpha value is -4.46. The number of carboxylic acids is 1. The molecule has 1 atom stereocenters. The van der Waals surface area contributed by atoms with Crippen LogP contribution in [0.15, 0.2) is 97.2 Å². The second-order valence-corrected chi connectivity index (χ2v) is 8.14. The standard InChI is InChI=1S/C28H21F3N2O3/c29-28(30,31)23-13-10-21(11-14-23)22-12-15-24(32-17-22)26(34)33-25(27(35)36)16-18-6-8-20(9-7-18)19-4-2-1-3-5-19/h1-15,17,25H,16H2,(H,33,34)(H,35,36)/t25-/m0/s1. The molecule has 1 aromatic heterocycles. The highest BCUT2D eigenvalue weighted by atomic mass is 19.4. The fourth-order valence-corrected chi connectivity index (χ4v) is 3.68. The molecule has 1 heterocycles. The summed E-state index contributed by atoms with van der Waals surface area (Å²) >= 11 is 0. The number of aromatic nitrogens is 1. The lowest BCUT2D eigenvalue weighted by Gasteiger charge is -2.15. The van der Waals surface area contributed by atoms with Gasteiger partial charge in [0.1, 0.15) is 11.7 Å². The van der Waals surface area contributed by atoms with E-state index in [1.807, 2.05) is 54.6 Å². The van der Waals surface area contributed by atoms with E-state index in [4.69, 9.17) is 0 Å². The quantitative estimate of drug-likeness (QED) is 0.340. The molecule has 2 N–H and O–H groups in total. The second kappa shape index (κ2) is 10.4. The molecule has 0 aliphatic rings. The normalized spacial score (nSPS) is 12.1. The summed E-state index contributed by atoms with van der Waals surface area (Å²) < 4.78 is 38.3. The first-order chi connectivity index (χ1) is 17.2. The lowest BCUT2D eigenvalue weighted by molar-refractivity contribution is -0.139. The fraction of sp³-hybridized carbons (Fsp3) is 0.107. The highest BCUT2D eigenvalue weighted by Gasteiger charge is 2.30. The third-order valence-corrected chi connectivity index (χ3v) is 5.65. The molecule has 0 spiro atoms. The average Bonchev–Trinajstić information content (AvgIpc) is 2.89. The summed E-state index contributed by atoms with van der Waals surface area (Å²) in [5, 5.41) is 12.1. The molecule has 4 rings (SSSR count). The fourth-order valence-electron chi connectivity index (χ4n) is 3.68. The van der Waals surface area contributed by atoms with Gasteiger partial charge in [0, 0.05) is 18.2 Å². The molecule has 0 unspecified atom stereocenters. The van der Waals surface area contributed by atoms with E-state index >= 15 is 0 Å². The zero-order chi connectivity index (χ0) is 25.7. The van der Waals surface area contributed by atoms with Crippen molar-refractivity contribution < 1.29 is 27.9 Å². The van der Waals surface area contributed by atoms with Gasteiger partial charge in [0.25, 0.3) is 5.91 Å². The first-order valence-corrected chi connectivity index (χ1v) is 11.0. The van der Waals surface area contributed by atoms with Crippen LogP contribution in [0.25, 0.3) is 22.3 Å². The zero-order valence-corrected chi connectivity index (χ0v) is 18.9. The highest BCUT2D eigenvalue weighted by Crippen LogP contribution is 2.30. The Bertz CT molecular complexity index is 1340. The van der Waals surface area contributed by atoms with Crippen molar-refractivity contribution in [3.63, 3.8) is 0 Å². The minimum Gasteiger partial charge on any atom is -0.480 e. The lowest BCUT2D eigenvalue weighted by Crippen LogP contribution is -2.42. The number of carbonyl (C=O) groups excluding carboxylic acids is 1.